The largest absolute Gasteiger partial charge is 0.491 e. The summed E-state index contributed by atoms with van der Waals surface area (Å²) in [6.07, 6.45) is 3.58. The molecule has 7 nitrogen and oxygen atoms in total. The predicted molar refractivity (Wildman–Crippen MR) is 122 cm³/mol. The second-order valence-corrected chi connectivity index (χ2v) is 8.65. The molecule has 0 amide bonds. The summed E-state index contributed by atoms with van der Waals surface area (Å²) in [5, 5.41) is 13.7. The summed E-state index contributed by atoms with van der Waals surface area (Å²) < 4.78 is 6.67. The van der Waals surface area contributed by atoms with Crippen LogP contribution in [-0.2, 0) is 0 Å². The molecule has 0 radical (unpaired) electrons. The maximum Gasteiger partial charge on any atom is 0.157 e. The molecule has 30 heavy (non-hydrogen) atoms. The van der Waals surface area contributed by atoms with E-state index in [0.717, 1.165) is 45.9 Å². The first-order chi connectivity index (χ1) is 14.6. The number of hydrogen-bond donors (Lipinski definition) is 3. The van der Waals surface area contributed by atoms with Crippen LogP contribution >= 0.6 is 15.9 Å². The Kier molecular flexibility index (Phi) is 6.99. The number of imidazole rings is 1. The third-order valence-corrected chi connectivity index (χ3v) is 5.90. The number of hydrogen-bond acceptors (Lipinski definition) is 6. The number of piperidine rings is 1. The van der Waals surface area contributed by atoms with Gasteiger partial charge in [-0.2, -0.15) is 0 Å². The number of halogens is 1. The summed E-state index contributed by atoms with van der Waals surface area (Å²) >= 11 is 3.42. The van der Waals surface area contributed by atoms with E-state index in [1.807, 2.05) is 30.3 Å². The van der Waals surface area contributed by atoms with Crippen molar-refractivity contribution in [2.24, 2.45) is 0 Å². The molecule has 8 heteroatoms. The first-order valence-electron chi connectivity index (χ1n) is 10.5. The van der Waals surface area contributed by atoms with E-state index in [1.54, 1.807) is 6.20 Å². The van der Waals surface area contributed by atoms with Crippen LogP contribution in [0.25, 0.3) is 22.6 Å². The highest BCUT2D eigenvalue weighted by molar-refractivity contribution is 9.10. The molecular weight excluding hydrogens is 446 g/mol. The lowest BCUT2D eigenvalue weighted by Crippen LogP contribution is -2.48. The number of likely N-dealkylation sites (tertiary alicyclic amines) is 1. The number of likely N-dealkylation sites (N-methyl/N-ethyl adjacent to an activating group) is 1. The molecule has 1 aliphatic rings. The van der Waals surface area contributed by atoms with Crippen molar-refractivity contribution in [3.63, 3.8) is 0 Å². The Balaban J connectivity index is 1.27. The molecule has 0 aliphatic carbocycles. The minimum absolute atomic E-state index is 0.263. The number of aliphatic hydroxyl groups is 1. The van der Waals surface area contributed by atoms with Gasteiger partial charge in [0.15, 0.2) is 5.65 Å². The molecule has 1 fully saturated rings. The highest BCUT2D eigenvalue weighted by atomic mass is 79.9. The first kappa shape index (κ1) is 21.2. The monoisotopic (exact) mass is 473 g/mol. The number of rotatable bonds is 8. The average Bonchev–Trinajstić information content (AvgIpc) is 3.20. The van der Waals surface area contributed by atoms with Crippen molar-refractivity contribution in [2.75, 3.05) is 32.8 Å². The second kappa shape index (κ2) is 9.87. The molecule has 2 atom stereocenters. The summed E-state index contributed by atoms with van der Waals surface area (Å²) in [4.78, 5) is 14.6. The number of nitrogens with one attached hydrogen (secondary N) is 2. The van der Waals surface area contributed by atoms with Crippen LogP contribution in [0.1, 0.15) is 19.8 Å². The van der Waals surface area contributed by atoms with Crippen LogP contribution in [0, 0.1) is 0 Å². The fourth-order valence-corrected chi connectivity index (χ4v) is 4.10. The number of pyridine rings is 1. The molecule has 1 aromatic carbocycles. The number of nitrogens with zero attached hydrogens (tertiary/aromatic N) is 3. The summed E-state index contributed by atoms with van der Waals surface area (Å²) in [7, 11) is 0. The number of aromatic amines is 1. The maximum absolute atomic E-state index is 10.3. The molecule has 2 unspecified atom stereocenters. The van der Waals surface area contributed by atoms with Crippen LogP contribution in [-0.4, -0.2) is 69.9 Å². The van der Waals surface area contributed by atoms with Gasteiger partial charge in [-0.1, -0.05) is 6.92 Å². The van der Waals surface area contributed by atoms with Gasteiger partial charge in [0.25, 0.3) is 0 Å². The van der Waals surface area contributed by atoms with E-state index in [2.05, 4.69) is 48.0 Å². The van der Waals surface area contributed by atoms with Crippen molar-refractivity contribution >= 4 is 27.1 Å². The lowest BCUT2D eigenvalue weighted by atomic mass is 10.1. The van der Waals surface area contributed by atoms with E-state index in [0.29, 0.717) is 12.6 Å². The van der Waals surface area contributed by atoms with E-state index in [9.17, 15) is 5.11 Å². The Bertz CT molecular complexity index is 962. The lowest BCUT2D eigenvalue weighted by molar-refractivity contribution is 0.0974. The predicted octanol–water partition coefficient (Wildman–Crippen LogP) is 3.20. The molecule has 0 spiro atoms. The molecular formula is C22H28BrN5O2. The Morgan fingerprint density at radius 2 is 2.20 bits per heavy atom. The third-order valence-electron chi connectivity index (χ3n) is 5.47. The van der Waals surface area contributed by atoms with Gasteiger partial charge in [0, 0.05) is 35.4 Å². The fraction of sp³-hybridized carbons (Fsp3) is 0.455. The van der Waals surface area contributed by atoms with Crippen LogP contribution in [0.4, 0.5) is 0 Å². The number of aliphatic hydroxyl groups excluding tert-OH is 1. The molecule has 1 aliphatic heterocycles. The maximum atomic E-state index is 10.3. The normalized spacial score (nSPS) is 18.6. The van der Waals surface area contributed by atoms with Crippen molar-refractivity contribution in [3.8, 4) is 17.1 Å². The number of fused-ring (bicyclic) bond motifs is 1. The molecule has 1 saturated heterocycles. The quantitative estimate of drug-likeness (QED) is 0.465. The van der Waals surface area contributed by atoms with E-state index in [1.165, 1.54) is 19.4 Å². The number of aromatic nitrogens is 3. The van der Waals surface area contributed by atoms with Gasteiger partial charge in [-0.25, -0.2) is 9.97 Å². The Morgan fingerprint density at radius 1 is 1.37 bits per heavy atom. The van der Waals surface area contributed by atoms with Crippen molar-refractivity contribution in [1.82, 2.24) is 25.2 Å². The van der Waals surface area contributed by atoms with Crippen LogP contribution in [0.15, 0.2) is 41.0 Å². The average molecular weight is 474 g/mol. The molecule has 160 valence electrons. The molecule has 0 bridgehead atoms. The minimum atomic E-state index is -0.540. The van der Waals surface area contributed by atoms with Crippen molar-refractivity contribution in [3.05, 3.63) is 41.0 Å². The van der Waals surface area contributed by atoms with E-state index in [-0.39, 0.29) is 6.61 Å². The summed E-state index contributed by atoms with van der Waals surface area (Å²) in [5.74, 6) is 1.49. The van der Waals surface area contributed by atoms with Gasteiger partial charge in [0.1, 0.15) is 29.8 Å². The van der Waals surface area contributed by atoms with Crippen LogP contribution < -0.4 is 10.1 Å². The van der Waals surface area contributed by atoms with Crippen LogP contribution in [0.5, 0.6) is 5.75 Å². The highest BCUT2D eigenvalue weighted by Gasteiger charge is 2.19. The summed E-state index contributed by atoms with van der Waals surface area (Å²) in [6, 6.07) is 10.1. The first-order valence-corrected chi connectivity index (χ1v) is 11.3. The zero-order valence-corrected chi connectivity index (χ0v) is 18.7. The molecule has 3 N–H and O–H groups in total. The number of ether oxygens (including phenoxy) is 1. The Labute approximate surface area is 185 Å². The van der Waals surface area contributed by atoms with Gasteiger partial charge in [0.05, 0.1) is 0 Å². The molecule has 2 aromatic heterocycles. The van der Waals surface area contributed by atoms with Crippen LogP contribution in [0.2, 0.25) is 0 Å². The molecule has 3 heterocycles. The van der Waals surface area contributed by atoms with Gasteiger partial charge in [-0.15, -0.1) is 0 Å². The van der Waals surface area contributed by atoms with Gasteiger partial charge in [-0.05, 0) is 72.2 Å². The Hall–Kier alpha value is -2.00. The fourth-order valence-electron chi connectivity index (χ4n) is 3.78. The topological polar surface area (TPSA) is 86.3 Å². The number of H-pyrrole nitrogens is 1. The van der Waals surface area contributed by atoms with Crippen molar-refractivity contribution in [2.45, 2.75) is 31.9 Å². The van der Waals surface area contributed by atoms with Crippen LogP contribution in [0.3, 0.4) is 0 Å². The minimum Gasteiger partial charge on any atom is -0.491 e. The molecule has 0 saturated carbocycles. The molecule has 3 aromatic rings. The van der Waals surface area contributed by atoms with E-state index >= 15 is 0 Å². The summed E-state index contributed by atoms with van der Waals surface area (Å²) in [6.45, 7) is 6.32. The SMILES string of the molecule is CCN1CCCC(NCC(O)COc2ccc(-c3nc4cc(Br)cnc4[nH]3)cc2)C1. The highest BCUT2D eigenvalue weighted by Crippen LogP contribution is 2.23. The number of benzene rings is 1. The zero-order chi connectivity index (χ0) is 20.9. The molecule has 4 rings (SSSR count). The lowest BCUT2D eigenvalue weighted by Gasteiger charge is -2.32. The van der Waals surface area contributed by atoms with Gasteiger partial charge in [-0.3, -0.25) is 0 Å². The Morgan fingerprint density at radius 3 is 3.00 bits per heavy atom. The van der Waals surface area contributed by atoms with Gasteiger partial charge < -0.3 is 25.0 Å². The summed E-state index contributed by atoms with van der Waals surface area (Å²) in [5.41, 5.74) is 2.52. The standard InChI is InChI=1S/C22H28BrN5O2/c1-2-28-9-3-4-17(13-28)24-12-18(29)14-30-19-7-5-15(6-8-19)21-26-20-10-16(23)11-25-22(20)27-21/h5-8,10-11,17-18,24,29H,2-4,9,12-14H2,1H3,(H,25,26,27). The van der Waals surface area contributed by atoms with Gasteiger partial charge >= 0.3 is 0 Å². The van der Waals surface area contributed by atoms with E-state index < -0.39 is 6.10 Å². The third kappa shape index (κ3) is 5.37. The van der Waals surface area contributed by atoms with E-state index in [4.69, 9.17) is 4.74 Å². The van der Waals surface area contributed by atoms with Gasteiger partial charge in [0.2, 0.25) is 0 Å². The zero-order valence-electron chi connectivity index (χ0n) is 17.1. The van der Waals surface area contributed by atoms with Crippen molar-refractivity contribution in [1.29, 1.82) is 0 Å². The smallest absolute Gasteiger partial charge is 0.157 e. The van der Waals surface area contributed by atoms with Crippen molar-refractivity contribution < 1.29 is 9.84 Å². The second-order valence-electron chi connectivity index (χ2n) is 7.74.